The van der Waals surface area contributed by atoms with E-state index in [0.29, 0.717) is 0 Å². The van der Waals surface area contributed by atoms with Crippen LogP contribution in [0.15, 0.2) is 15.9 Å². The monoisotopic (exact) mass is 274 g/mol. The molecule has 1 aromatic rings. The maximum Gasteiger partial charge on any atom is 0.0894 e. The first-order valence-corrected chi connectivity index (χ1v) is 6.68. The van der Waals surface area contributed by atoms with Gasteiger partial charge in [0.1, 0.15) is 0 Å². The summed E-state index contributed by atoms with van der Waals surface area (Å²) in [6, 6.07) is 4.95. The van der Waals surface area contributed by atoms with Gasteiger partial charge in [-0.05, 0) is 53.9 Å². The van der Waals surface area contributed by atoms with Crippen LogP contribution in [-0.2, 0) is 0 Å². The van der Waals surface area contributed by atoms with Crippen LogP contribution < -0.4 is 10.6 Å². The van der Waals surface area contributed by atoms with Gasteiger partial charge in [0.25, 0.3) is 0 Å². The highest BCUT2D eigenvalue weighted by Crippen LogP contribution is 2.26. The molecule has 1 aliphatic heterocycles. The van der Waals surface area contributed by atoms with Crippen LogP contribution in [0.25, 0.3) is 0 Å². The summed E-state index contributed by atoms with van der Waals surface area (Å²) >= 11 is 5.21. The molecule has 0 aliphatic carbocycles. The van der Waals surface area contributed by atoms with E-state index < -0.39 is 0 Å². The number of nitrogens with one attached hydrogen (secondary N) is 2. The predicted octanol–water partition coefficient (Wildman–Crippen LogP) is 3.06. The van der Waals surface area contributed by atoms with E-state index in [0.717, 1.165) is 12.6 Å². The summed E-state index contributed by atoms with van der Waals surface area (Å²) in [6.07, 6.45) is 3.92. The van der Waals surface area contributed by atoms with Gasteiger partial charge in [-0.1, -0.05) is 0 Å². The molecule has 0 bridgehead atoms. The maximum atomic E-state index is 3.50. The lowest BCUT2D eigenvalue weighted by molar-refractivity contribution is 0.575. The fourth-order valence-electron chi connectivity index (χ4n) is 1.78. The summed E-state index contributed by atoms with van der Waals surface area (Å²) in [6.45, 7) is 2.28. The van der Waals surface area contributed by atoms with E-state index in [1.807, 2.05) is 0 Å². The van der Waals surface area contributed by atoms with Gasteiger partial charge in [-0.15, -0.1) is 11.3 Å². The van der Waals surface area contributed by atoms with Crippen molar-refractivity contribution in [2.45, 2.75) is 25.3 Å². The third-order valence-corrected chi connectivity index (χ3v) is 4.11. The Labute approximate surface area is 97.2 Å². The highest BCUT2D eigenvalue weighted by Gasteiger charge is 2.12. The molecule has 2 N–H and O–H groups in total. The van der Waals surface area contributed by atoms with E-state index in [-0.39, 0.29) is 0 Å². The number of halogens is 1. The molecule has 2 heterocycles. The molecule has 0 radical (unpaired) electrons. The Morgan fingerprint density at radius 2 is 2.50 bits per heavy atom. The molecule has 14 heavy (non-hydrogen) atoms. The van der Waals surface area contributed by atoms with Crippen LogP contribution in [0.5, 0.6) is 0 Å². The fourth-order valence-corrected chi connectivity index (χ4v) is 3.09. The molecule has 1 atom stereocenters. The topological polar surface area (TPSA) is 24.1 Å². The van der Waals surface area contributed by atoms with Crippen molar-refractivity contribution in [3.05, 3.63) is 15.9 Å². The van der Waals surface area contributed by atoms with Crippen LogP contribution in [0.1, 0.15) is 19.3 Å². The predicted molar refractivity (Wildman–Crippen MR) is 66.2 cm³/mol. The molecule has 0 aromatic carbocycles. The summed E-state index contributed by atoms with van der Waals surface area (Å²) in [5.41, 5.74) is 0. The average Bonchev–Trinajstić information content (AvgIpc) is 2.77. The minimum Gasteiger partial charge on any atom is -0.377 e. The first-order valence-electron chi connectivity index (χ1n) is 5.07. The second-order valence-corrected chi connectivity index (χ2v) is 6.08. The summed E-state index contributed by atoms with van der Waals surface area (Å²) in [5.74, 6) is 0. The molecule has 1 saturated heterocycles. The molecule has 2 rings (SSSR count). The van der Waals surface area contributed by atoms with Crippen LogP contribution in [0.4, 0.5) is 5.00 Å². The van der Waals surface area contributed by atoms with Crippen molar-refractivity contribution < 1.29 is 0 Å². The number of rotatable bonds is 4. The molecule has 2 nitrogen and oxygen atoms in total. The molecule has 1 fully saturated rings. The van der Waals surface area contributed by atoms with Crippen LogP contribution in [-0.4, -0.2) is 19.1 Å². The number of hydrogen-bond acceptors (Lipinski definition) is 3. The molecule has 0 amide bonds. The van der Waals surface area contributed by atoms with E-state index in [9.17, 15) is 0 Å². The lowest BCUT2D eigenvalue weighted by Crippen LogP contribution is -2.23. The molecular weight excluding hydrogens is 260 g/mol. The minimum atomic E-state index is 0.742. The molecule has 1 unspecified atom stereocenters. The summed E-state index contributed by atoms with van der Waals surface area (Å²) in [4.78, 5) is 0. The smallest absolute Gasteiger partial charge is 0.0894 e. The van der Waals surface area contributed by atoms with E-state index in [2.05, 4.69) is 38.7 Å². The van der Waals surface area contributed by atoms with Gasteiger partial charge in [0.05, 0.1) is 8.79 Å². The average molecular weight is 275 g/mol. The Balaban J connectivity index is 1.67. The van der Waals surface area contributed by atoms with Crippen molar-refractivity contribution in [1.82, 2.24) is 5.32 Å². The van der Waals surface area contributed by atoms with Gasteiger partial charge in [0.15, 0.2) is 0 Å². The van der Waals surface area contributed by atoms with Gasteiger partial charge in [0.2, 0.25) is 0 Å². The Morgan fingerprint density at radius 3 is 3.14 bits per heavy atom. The second kappa shape index (κ2) is 5.14. The van der Waals surface area contributed by atoms with Crippen molar-refractivity contribution >= 4 is 32.3 Å². The zero-order chi connectivity index (χ0) is 9.80. The molecule has 1 aliphatic rings. The molecule has 1 aromatic heterocycles. The van der Waals surface area contributed by atoms with Gasteiger partial charge >= 0.3 is 0 Å². The van der Waals surface area contributed by atoms with Gasteiger partial charge in [-0.25, -0.2) is 0 Å². The zero-order valence-corrected chi connectivity index (χ0v) is 10.5. The third-order valence-electron chi connectivity index (χ3n) is 2.53. The van der Waals surface area contributed by atoms with E-state index in [1.54, 1.807) is 11.3 Å². The Bertz CT molecular complexity index is 281. The Hall–Kier alpha value is -0.0600. The van der Waals surface area contributed by atoms with E-state index in [1.165, 1.54) is 34.6 Å². The molecular formula is C10H15BrN2S. The van der Waals surface area contributed by atoms with Gasteiger partial charge in [0, 0.05) is 12.6 Å². The van der Waals surface area contributed by atoms with Crippen LogP contribution >= 0.6 is 27.3 Å². The second-order valence-electron chi connectivity index (χ2n) is 3.61. The van der Waals surface area contributed by atoms with Crippen molar-refractivity contribution in [3.8, 4) is 0 Å². The highest BCUT2D eigenvalue weighted by molar-refractivity contribution is 9.11. The summed E-state index contributed by atoms with van der Waals surface area (Å²) in [5, 5.41) is 8.20. The van der Waals surface area contributed by atoms with Crippen molar-refractivity contribution in [2.75, 3.05) is 18.4 Å². The molecule has 0 spiro atoms. The lowest BCUT2D eigenvalue weighted by Gasteiger charge is -2.10. The molecule has 4 heteroatoms. The standard InChI is InChI=1S/C10H15BrN2S/c11-9-3-4-10(14-9)13-7-5-8-2-1-6-12-8/h3-4,8,12-13H,1-2,5-7H2. The zero-order valence-electron chi connectivity index (χ0n) is 8.05. The molecule has 78 valence electrons. The van der Waals surface area contributed by atoms with Crippen LogP contribution in [0.2, 0.25) is 0 Å². The molecule has 0 saturated carbocycles. The van der Waals surface area contributed by atoms with Crippen molar-refractivity contribution in [3.63, 3.8) is 0 Å². The normalized spacial score (nSPS) is 21.4. The highest BCUT2D eigenvalue weighted by atomic mass is 79.9. The Kier molecular flexibility index (Phi) is 3.84. The third kappa shape index (κ3) is 2.97. The number of hydrogen-bond donors (Lipinski definition) is 2. The largest absolute Gasteiger partial charge is 0.377 e. The van der Waals surface area contributed by atoms with Crippen molar-refractivity contribution in [1.29, 1.82) is 0 Å². The van der Waals surface area contributed by atoms with Gasteiger partial charge in [-0.3, -0.25) is 0 Å². The van der Waals surface area contributed by atoms with Crippen LogP contribution in [0.3, 0.4) is 0 Å². The van der Waals surface area contributed by atoms with E-state index in [4.69, 9.17) is 0 Å². The maximum absolute atomic E-state index is 3.50. The first-order chi connectivity index (χ1) is 6.84. The van der Waals surface area contributed by atoms with Crippen molar-refractivity contribution in [2.24, 2.45) is 0 Å². The quantitative estimate of drug-likeness (QED) is 0.882. The first kappa shape index (κ1) is 10.5. The summed E-state index contributed by atoms with van der Waals surface area (Å²) in [7, 11) is 0. The summed E-state index contributed by atoms with van der Waals surface area (Å²) < 4.78 is 1.19. The van der Waals surface area contributed by atoms with Gasteiger partial charge < -0.3 is 10.6 Å². The fraction of sp³-hybridized carbons (Fsp3) is 0.600. The lowest BCUT2D eigenvalue weighted by atomic mass is 10.1. The van der Waals surface area contributed by atoms with E-state index >= 15 is 0 Å². The number of thiophene rings is 1. The van der Waals surface area contributed by atoms with Gasteiger partial charge in [-0.2, -0.15) is 0 Å². The number of anilines is 1. The Morgan fingerprint density at radius 1 is 1.57 bits per heavy atom. The minimum absolute atomic E-state index is 0.742. The SMILES string of the molecule is Brc1ccc(NCCC2CCCN2)s1. The van der Waals surface area contributed by atoms with Crippen LogP contribution in [0, 0.1) is 0 Å².